The second-order valence-corrected chi connectivity index (χ2v) is 23.3. The maximum atomic E-state index is 13.1. The van der Waals surface area contributed by atoms with E-state index in [4.69, 9.17) is 32.0 Å². The predicted octanol–water partition coefficient (Wildman–Crippen LogP) is 10.7. The average Bonchev–Trinajstić information content (AvgIpc) is 4.11. The number of hydrogen-bond donors (Lipinski definition) is 6. The van der Waals surface area contributed by atoms with Crippen molar-refractivity contribution in [2.75, 3.05) is 47.4 Å². The molecule has 0 unspecified atom stereocenters. The van der Waals surface area contributed by atoms with Gasteiger partial charge in [0.1, 0.15) is 32.8 Å². The van der Waals surface area contributed by atoms with Crippen molar-refractivity contribution in [3.63, 3.8) is 0 Å². The minimum absolute atomic E-state index is 0.0345. The zero-order chi connectivity index (χ0) is 48.4. The maximum absolute atomic E-state index is 13.1. The van der Waals surface area contributed by atoms with E-state index >= 15 is 0 Å². The van der Waals surface area contributed by atoms with Gasteiger partial charge in [0.05, 0.1) is 57.0 Å². The Balaban J connectivity index is 0.000000199. The molecule has 2 atom stereocenters. The number of aryl methyl sites for hydroxylation is 2. The van der Waals surface area contributed by atoms with Crippen LogP contribution < -0.4 is 21.3 Å². The van der Waals surface area contributed by atoms with Gasteiger partial charge in [-0.15, -0.1) is 0 Å². The lowest BCUT2D eigenvalue weighted by Gasteiger charge is -2.30. The minimum Gasteiger partial charge on any atom is -0.504 e. The third-order valence-electron chi connectivity index (χ3n) is 11.2. The number of phenolic OH excluding ortho intramolecular Hbond substituents is 2. The summed E-state index contributed by atoms with van der Waals surface area (Å²) in [5, 5.41) is 34.5. The minimum atomic E-state index is -3.93. The first kappa shape index (κ1) is 50.2. The van der Waals surface area contributed by atoms with Crippen LogP contribution in [0.1, 0.15) is 95.4 Å². The monoisotopic (exact) mass is 1040 g/mol. The molecule has 0 amide bonds. The van der Waals surface area contributed by atoms with Gasteiger partial charge in [-0.3, -0.25) is 0 Å². The predicted molar refractivity (Wildman–Crippen MR) is 263 cm³/mol. The summed E-state index contributed by atoms with van der Waals surface area (Å²) in [4.78, 5) is -0.614. The Bertz CT molecular complexity index is 2900. The van der Waals surface area contributed by atoms with Gasteiger partial charge in [0, 0.05) is 26.2 Å². The molecule has 0 aliphatic carbocycles. The summed E-state index contributed by atoms with van der Waals surface area (Å²) in [5.74, 6) is 4.06. The molecule has 2 fully saturated rings. The van der Waals surface area contributed by atoms with Gasteiger partial charge in [-0.1, -0.05) is 57.8 Å². The maximum Gasteiger partial charge on any atom is 0.248 e. The second-order valence-electron chi connectivity index (χ2n) is 17.6. The lowest BCUT2D eigenvalue weighted by molar-refractivity contribution is 0.300. The Morgan fingerprint density at radius 3 is 1.42 bits per heavy atom. The molecule has 6 N–H and O–H groups in total. The van der Waals surface area contributed by atoms with Gasteiger partial charge in [-0.25, -0.2) is 16.8 Å². The third kappa shape index (κ3) is 11.1. The summed E-state index contributed by atoms with van der Waals surface area (Å²) in [5.41, 5.74) is 0.117. The van der Waals surface area contributed by atoms with Crippen LogP contribution in [0, 0.1) is 25.2 Å². The molecule has 4 aromatic heterocycles. The highest BCUT2D eigenvalue weighted by Crippen LogP contribution is 2.44. The zero-order valence-electron chi connectivity index (χ0n) is 37.9. The highest BCUT2D eigenvalue weighted by molar-refractivity contribution is 7.89. The van der Waals surface area contributed by atoms with Gasteiger partial charge in [0.25, 0.3) is 0 Å². The smallest absolute Gasteiger partial charge is 0.248 e. The van der Waals surface area contributed by atoms with Crippen LogP contribution in [0.15, 0.2) is 67.2 Å². The molecule has 2 saturated heterocycles. The van der Waals surface area contributed by atoms with Crippen molar-refractivity contribution >= 4 is 101 Å². The number of furan rings is 2. The molecule has 18 nitrogen and oxygen atoms in total. The fourth-order valence-corrected chi connectivity index (χ4v) is 12.9. The molecule has 6 heterocycles. The zero-order valence-corrected chi connectivity index (χ0v) is 42.7. The Morgan fingerprint density at radius 1 is 0.627 bits per heavy atom. The molecule has 8 rings (SSSR count). The largest absolute Gasteiger partial charge is 0.504 e. The Morgan fingerprint density at radius 2 is 1.03 bits per heavy atom. The van der Waals surface area contributed by atoms with E-state index in [2.05, 4.69) is 73.4 Å². The fourth-order valence-electron chi connectivity index (χ4n) is 7.68. The normalized spacial score (nSPS) is 15.9. The summed E-state index contributed by atoms with van der Waals surface area (Å²) in [6.45, 7) is 15.7. The van der Waals surface area contributed by atoms with Gasteiger partial charge in [0.2, 0.25) is 20.0 Å². The molecule has 0 saturated carbocycles. The molecule has 2 aromatic carbocycles. The van der Waals surface area contributed by atoms with E-state index in [1.54, 1.807) is 0 Å². The van der Waals surface area contributed by atoms with Crippen molar-refractivity contribution in [3.05, 3.63) is 81.6 Å². The van der Waals surface area contributed by atoms with Crippen molar-refractivity contribution in [2.45, 2.75) is 96.0 Å². The van der Waals surface area contributed by atoms with E-state index < -0.39 is 31.5 Å². The van der Waals surface area contributed by atoms with Crippen LogP contribution in [0.5, 0.6) is 11.5 Å². The number of aromatic nitrogens is 4. The standard InChI is InChI=1S/C22H28ClN5O4S2.C21H26ClN5O4S2/c1-13-7-10-16(32-13)19(22(2,3)4)25-21-20(26-33-27-21)24-15-9-8-14(23)18(17(15)29)34(30,31)28-11-5-6-12-28;1-12(2)17(16-9-6-13(3)31-16)24-21-20(25-32-26-21)23-15-8-7-14(22)19(18(15)28)33(29,30)27-10-4-5-11-27/h7-10,19,29H,5-6,11-12H2,1-4H3,(H,24,26)(H,25,27);6-9,12,17,28H,4-5,10-11H2,1-3H3,(H,23,25)(H,24,26)/t19-;17-/m01/s1. The van der Waals surface area contributed by atoms with Crippen LogP contribution in [0.25, 0.3) is 0 Å². The Hall–Kier alpha value is -4.68. The second kappa shape index (κ2) is 20.5. The van der Waals surface area contributed by atoms with Crippen LogP contribution in [0.3, 0.4) is 0 Å². The quantitative estimate of drug-likeness (QED) is 0.0524. The summed E-state index contributed by atoms with van der Waals surface area (Å²) in [6, 6.07) is 13.2. The number of rotatable bonds is 15. The Kier molecular flexibility index (Phi) is 15.4. The van der Waals surface area contributed by atoms with Gasteiger partial charge in [-0.05, 0) is 99.4 Å². The Labute approximate surface area is 408 Å². The van der Waals surface area contributed by atoms with Crippen molar-refractivity contribution in [2.24, 2.45) is 11.3 Å². The molecule has 362 valence electrons. The fraction of sp³-hybridized carbons (Fsp3) is 0.442. The van der Waals surface area contributed by atoms with Crippen molar-refractivity contribution in [1.82, 2.24) is 26.1 Å². The number of hydrogen-bond acceptors (Lipinski definition) is 18. The van der Waals surface area contributed by atoms with Crippen molar-refractivity contribution in [3.8, 4) is 11.5 Å². The number of aromatic hydroxyl groups is 2. The topological polar surface area (TPSA) is 241 Å². The SMILES string of the molecule is Cc1ccc([C@H](Nc2nsnc2Nc2ccc(Cl)c(S(=O)(=O)N3CCCC3)c2O)C(C)(C)C)o1.Cc1ccc([C@H](Nc2nsnc2Nc2ccc(Cl)c(S(=O)(=O)N3CCCC3)c2O)C(C)C)o1. The highest BCUT2D eigenvalue weighted by atomic mass is 35.5. The van der Waals surface area contributed by atoms with E-state index in [0.29, 0.717) is 49.5 Å². The first-order valence-electron chi connectivity index (χ1n) is 21.5. The van der Waals surface area contributed by atoms with E-state index in [9.17, 15) is 27.0 Å². The highest BCUT2D eigenvalue weighted by Gasteiger charge is 2.36. The molecule has 0 spiro atoms. The third-order valence-corrected chi connectivity index (χ3v) is 17.1. The molecule has 2 aliphatic heterocycles. The molecule has 2 aliphatic rings. The lowest BCUT2D eigenvalue weighted by Crippen LogP contribution is -2.28. The van der Waals surface area contributed by atoms with Crippen LogP contribution in [0.2, 0.25) is 10.0 Å². The summed E-state index contributed by atoms with van der Waals surface area (Å²) >= 11 is 14.4. The number of nitrogens with zero attached hydrogens (tertiary/aromatic N) is 6. The number of halogens is 2. The lowest BCUT2D eigenvalue weighted by atomic mass is 9.85. The van der Waals surface area contributed by atoms with E-state index in [0.717, 1.165) is 72.2 Å². The molecule has 24 heteroatoms. The van der Waals surface area contributed by atoms with Gasteiger partial charge in [-0.2, -0.15) is 26.1 Å². The van der Waals surface area contributed by atoms with Crippen LogP contribution in [-0.4, -0.2) is 79.3 Å². The van der Waals surface area contributed by atoms with E-state index in [1.807, 2.05) is 38.1 Å². The molecular weight excluding hydrogens is 984 g/mol. The van der Waals surface area contributed by atoms with Crippen molar-refractivity contribution < 1.29 is 35.9 Å². The van der Waals surface area contributed by atoms with Gasteiger partial charge >= 0.3 is 0 Å². The molecule has 0 bridgehead atoms. The molecule has 6 aromatic rings. The molecule has 0 radical (unpaired) electrons. The van der Waals surface area contributed by atoms with Gasteiger partial charge < -0.3 is 40.3 Å². The van der Waals surface area contributed by atoms with E-state index in [1.165, 1.54) is 32.9 Å². The number of nitrogens with one attached hydrogen (secondary N) is 4. The number of anilines is 6. The summed E-state index contributed by atoms with van der Waals surface area (Å²) in [7, 11) is -7.86. The first-order chi connectivity index (χ1) is 31.7. The van der Waals surface area contributed by atoms with E-state index in [-0.39, 0.29) is 54.6 Å². The van der Waals surface area contributed by atoms with Crippen LogP contribution >= 0.6 is 46.7 Å². The van der Waals surface area contributed by atoms with Gasteiger partial charge in [0.15, 0.2) is 34.8 Å². The number of phenols is 2. The summed E-state index contributed by atoms with van der Waals surface area (Å²) < 4.78 is 84.0. The number of benzene rings is 2. The van der Waals surface area contributed by atoms with Crippen molar-refractivity contribution in [1.29, 1.82) is 0 Å². The van der Waals surface area contributed by atoms with Crippen LogP contribution in [0.4, 0.5) is 34.6 Å². The first-order valence-corrected chi connectivity index (χ1v) is 26.6. The number of sulfonamides is 2. The average molecular weight is 1040 g/mol. The summed E-state index contributed by atoms with van der Waals surface area (Å²) in [6.07, 6.45) is 3.11. The van der Waals surface area contributed by atoms with Crippen LogP contribution in [-0.2, 0) is 20.0 Å². The molecule has 67 heavy (non-hydrogen) atoms. The molecular formula is C43H54Cl2N10O8S4.